The molecule has 29 heavy (non-hydrogen) atoms. The monoisotopic (exact) mass is 393 g/mol. The number of para-hydroxylation sites is 1. The van der Waals surface area contributed by atoms with Gasteiger partial charge in [0.2, 0.25) is 11.8 Å². The molecule has 1 heterocycles. The molecule has 0 radical (unpaired) electrons. The Balaban J connectivity index is 1.68. The maximum Gasteiger partial charge on any atom is 0.254 e. The van der Waals surface area contributed by atoms with E-state index in [1.807, 2.05) is 51.1 Å². The summed E-state index contributed by atoms with van der Waals surface area (Å²) in [6.07, 6.45) is 1.19. The van der Waals surface area contributed by atoms with Crippen molar-refractivity contribution in [3.63, 3.8) is 0 Å². The highest BCUT2D eigenvalue weighted by Crippen LogP contribution is 2.29. The number of nitrogens with zero attached hydrogens (tertiary/aromatic N) is 2. The van der Waals surface area contributed by atoms with Gasteiger partial charge in [-0.1, -0.05) is 25.1 Å². The van der Waals surface area contributed by atoms with Crippen LogP contribution in [0.1, 0.15) is 40.4 Å². The third-order valence-electron chi connectivity index (χ3n) is 5.30. The Labute approximate surface area is 171 Å². The fraction of sp³-hybridized carbons (Fsp3) is 0.348. The summed E-state index contributed by atoms with van der Waals surface area (Å²) in [6.45, 7) is 6.33. The molecule has 0 spiro atoms. The molecule has 2 aromatic rings. The first kappa shape index (κ1) is 20.6. The van der Waals surface area contributed by atoms with Gasteiger partial charge in [-0.3, -0.25) is 14.4 Å². The summed E-state index contributed by atoms with van der Waals surface area (Å²) < 4.78 is 0. The minimum atomic E-state index is -0.237. The lowest BCUT2D eigenvalue weighted by Gasteiger charge is -2.19. The normalized spacial score (nSPS) is 12.5. The Bertz CT molecular complexity index is 948. The number of nitrogens with one attached hydrogen (secondary N) is 1. The zero-order valence-electron chi connectivity index (χ0n) is 17.4. The number of anilines is 2. The van der Waals surface area contributed by atoms with Crippen molar-refractivity contribution in [1.29, 1.82) is 0 Å². The Morgan fingerprint density at radius 1 is 1.10 bits per heavy atom. The van der Waals surface area contributed by atoms with E-state index in [1.54, 1.807) is 18.0 Å². The summed E-state index contributed by atoms with van der Waals surface area (Å²) in [5.74, 6) is -0.369. The van der Waals surface area contributed by atoms with Crippen LogP contribution in [0.5, 0.6) is 0 Å². The van der Waals surface area contributed by atoms with Gasteiger partial charge < -0.3 is 15.1 Å². The largest absolute Gasteiger partial charge is 0.332 e. The lowest BCUT2D eigenvalue weighted by atomic mass is 10.1. The van der Waals surface area contributed by atoms with Gasteiger partial charge in [0, 0.05) is 37.0 Å². The highest BCUT2D eigenvalue weighted by Gasteiger charge is 2.25. The zero-order valence-corrected chi connectivity index (χ0v) is 17.4. The van der Waals surface area contributed by atoms with E-state index in [0.29, 0.717) is 18.5 Å². The molecule has 2 aromatic carbocycles. The molecule has 0 unspecified atom stereocenters. The number of hydrogen-bond donors (Lipinski definition) is 1. The maximum absolute atomic E-state index is 12.8. The SMILES string of the molecule is CCC(=O)N1CCc2cc(C(=O)N(C)CC(=O)Nc3c(C)cccc3C)ccc21. The van der Waals surface area contributed by atoms with Crippen LogP contribution in [0, 0.1) is 13.8 Å². The molecular weight excluding hydrogens is 366 g/mol. The Morgan fingerprint density at radius 3 is 2.45 bits per heavy atom. The summed E-state index contributed by atoms with van der Waals surface area (Å²) >= 11 is 0. The maximum atomic E-state index is 12.8. The van der Waals surface area contributed by atoms with E-state index in [1.165, 1.54) is 4.90 Å². The first-order valence-corrected chi connectivity index (χ1v) is 9.86. The van der Waals surface area contributed by atoms with Crippen molar-refractivity contribution in [2.24, 2.45) is 0 Å². The highest BCUT2D eigenvalue weighted by atomic mass is 16.2. The van der Waals surface area contributed by atoms with Gasteiger partial charge in [-0.15, -0.1) is 0 Å². The number of carbonyl (C=O) groups is 3. The van der Waals surface area contributed by atoms with Crippen LogP contribution in [0.2, 0.25) is 0 Å². The Morgan fingerprint density at radius 2 is 1.79 bits per heavy atom. The third-order valence-corrected chi connectivity index (χ3v) is 5.30. The number of aryl methyl sites for hydroxylation is 2. The van der Waals surface area contributed by atoms with Crippen LogP contribution in [0.4, 0.5) is 11.4 Å². The number of likely N-dealkylation sites (N-methyl/N-ethyl adjacent to an activating group) is 1. The van der Waals surface area contributed by atoms with E-state index in [-0.39, 0.29) is 24.3 Å². The van der Waals surface area contributed by atoms with Crippen molar-refractivity contribution >= 4 is 29.1 Å². The van der Waals surface area contributed by atoms with E-state index in [9.17, 15) is 14.4 Å². The predicted molar refractivity (Wildman–Crippen MR) is 114 cm³/mol. The molecule has 0 saturated carbocycles. The first-order chi connectivity index (χ1) is 13.8. The summed E-state index contributed by atoms with van der Waals surface area (Å²) in [6, 6.07) is 11.2. The molecule has 1 aliphatic rings. The molecule has 1 N–H and O–H groups in total. The number of hydrogen-bond acceptors (Lipinski definition) is 3. The van der Waals surface area contributed by atoms with Gasteiger partial charge >= 0.3 is 0 Å². The molecule has 0 atom stereocenters. The number of carbonyl (C=O) groups excluding carboxylic acids is 3. The number of amides is 3. The molecule has 0 aliphatic carbocycles. The van der Waals surface area contributed by atoms with Crippen LogP contribution >= 0.6 is 0 Å². The van der Waals surface area contributed by atoms with Gasteiger partial charge in [0.25, 0.3) is 5.91 Å². The molecule has 6 heteroatoms. The van der Waals surface area contributed by atoms with Gasteiger partial charge in [0.15, 0.2) is 0 Å². The first-order valence-electron chi connectivity index (χ1n) is 9.86. The summed E-state index contributed by atoms with van der Waals surface area (Å²) in [5.41, 5.74) is 5.15. The zero-order chi connectivity index (χ0) is 21.1. The van der Waals surface area contributed by atoms with Crippen LogP contribution < -0.4 is 10.2 Å². The second-order valence-electron chi connectivity index (χ2n) is 7.47. The molecule has 0 fully saturated rings. The van der Waals surface area contributed by atoms with Crippen LogP contribution in [0.3, 0.4) is 0 Å². The molecular formula is C23H27N3O3. The lowest BCUT2D eigenvalue weighted by molar-refractivity contribution is -0.118. The number of fused-ring (bicyclic) bond motifs is 1. The summed E-state index contributed by atoms with van der Waals surface area (Å²) in [7, 11) is 1.62. The van der Waals surface area contributed by atoms with Crippen molar-refractivity contribution in [3.05, 3.63) is 58.7 Å². The topological polar surface area (TPSA) is 69.7 Å². The van der Waals surface area contributed by atoms with Crippen LogP contribution in [0.15, 0.2) is 36.4 Å². The average molecular weight is 393 g/mol. The number of rotatable bonds is 5. The summed E-state index contributed by atoms with van der Waals surface area (Å²) in [5, 5.41) is 2.91. The molecule has 6 nitrogen and oxygen atoms in total. The molecule has 1 aliphatic heterocycles. The molecule has 0 bridgehead atoms. The molecule has 152 valence electrons. The van der Waals surface area contributed by atoms with Gasteiger partial charge in [-0.2, -0.15) is 0 Å². The minimum Gasteiger partial charge on any atom is -0.332 e. The molecule has 0 aromatic heterocycles. The minimum absolute atomic E-state index is 0.0376. The fourth-order valence-electron chi connectivity index (χ4n) is 3.68. The van der Waals surface area contributed by atoms with Gasteiger partial charge in [0.05, 0.1) is 6.54 Å². The van der Waals surface area contributed by atoms with E-state index in [4.69, 9.17) is 0 Å². The van der Waals surface area contributed by atoms with Crippen molar-refractivity contribution in [2.75, 3.05) is 30.4 Å². The van der Waals surface area contributed by atoms with Crippen LogP contribution in [0.25, 0.3) is 0 Å². The van der Waals surface area contributed by atoms with Crippen LogP contribution in [-0.4, -0.2) is 42.8 Å². The smallest absolute Gasteiger partial charge is 0.254 e. The van der Waals surface area contributed by atoms with Crippen molar-refractivity contribution < 1.29 is 14.4 Å². The van der Waals surface area contributed by atoms with Crippen LogP contribution in [-0.2, 0) is 16.0 Å². The van der Waals surface area contributed by atoms with E-state index >= 15 is 0 Å². The second-order valence-corrected chi connectivity index (χ2v) is 7.47. The average Bonchev–Trinajstić information content (AvgIpc) is 3.12. The lowest BCUT2D eigenvalue weighted by Crippen LogP contribution is -2.35. The van der Waals surface area contributed by atoms with E-state index < -0.39 is 0 Å². The molecule has 3 rings (SSSR count). The molecule has 0 saturated heterocycles. The van der Waals surface area contributed by atoms with Gasteiger partial charge in [-0.25, -0.2) is 0 Å². The van der Waals surface area contributed by atoms with Crippen molar-refractivity contribution in [3.8, 4) is 0 Å². The fourth-order valence-corrected chi connectivity index (χ4v) is 3.68. The van der Waals surface area contributed by atoms with E-state index in [0.717, 1.165) is 34.5 Å². The predicted octanol–water partition coefficient (Wildman–Crippen LogP) is 3.31. The van der Waals surface area contributed by atoms with E-state index in [2.05, 4.69) is 5.32 Å². The second kappa shape index (κ2) is 8.47. The molecule has 3 amide bonds. The van der Waals surface area contributed by atoms with Gasteiger partial charge in [0.1, 0.15) is 0 Å². The van der Waals surface area contributed by atoms with Gasteiger partial charge in [-0.05, 0) is 55.2 Å². The van der Waals surface area contributed by atoms with Crippen molar-refractivity contribution in [1.82, 2.24) is 4.90 Å². The third kappa shape index (κ3) is 4.31. The summed E-state index contributed by atoms with van der Waals surface area (Å²) in [4.78, 5) is 40.5. The quantitative estimate of drug-likeness (QED) is 0.847. The van der Waals surface area contributed by atoms with Crippen molar-refractivity contribution in [2.45, 2.75) is 33.6 Å². The Hall–Kier alpha value is -3.15. The number of benzene rings is 2. The highest BCUT2D eigenvalue weighted by molar-refractivity contribution is 6.01. The Kier molecular flexibility index (Phi) is 6.01. The standard InChI is InChI=1S/C23H27N3O3/c1-5-21(28)26-12-11-17-13-18(9-10-19(17)26)23(29)25(4)14-20(27)24-22-15(2)7-6-8-16(22)3/h6-10,13H,5,11-12,14H2,1-4H3,(H,24,27).